The van der Waals surface area contributed by atoms with E-state index < -0.39 is 0 Å². The quantitative estimate of drug-likeness (QED) is 0.104. The van der Waals surface area contributed by atoms with Gasteiger partial charge < -0.3 is 0 Å². The van der Waals surface area contributed by atoms with E-state index in [2.05, 4.69) is 32.7 Å². The molecule has 0 N–H and O–H groups in total. The second-order valence-electron chi connectivity index (χ2n) is 12.2. The van der Waals surface area contributed by atoms with E-state index in [4.69, 9.17) is 0 Å². The molecule has 0 bridgehead atoms. The Bertz CT molecular complexity index is 493. The van der Waals surface area contributed by atoms with Gasteiger partial charge in [0.25, 0.3) is 0 Å². The van der Waals surface area contributed by atoms with Crippen molar-refractivity contribution in [2.24, 2.45) is 15.8 Å². The average molecular weight is 448 g/mol. The summed E-state index contributed by atoms with van der Waals surface area (Å²) in [7, 11) is 0. The molecular formula is C30H57NO. The van der Waals surface area contributed by atoms with Crippen LogP contribution in [-0.4, -0.2) is 12.1 Å². The van der Waals surface area contributed by atoms with Crippen LogP contribution in [0.1, 0.15) is 169 Å². The van der Waals surface area contributed by atoms with E-state index in [0.717, 1.165) is 12.8 Å². The minimum atomic E-state index is 0.191. The van der Waals surface area contributed by atoms with E-state index in [9.17, 15) is 4.79 Å². The molecular weight excluding hydrogens is 390 g/mol. The second-order valence-corrected chi connectivity index (χ2v) is 12.2. The minimum Gasteiger partial charge on any atom is -0.211 e. The van der Waals surface area contributed by atoms with Crippen molar-refractivity contribution in [1.82, 2.24) is 0 Å². The fraction of sp³-hybridized carbons (Fsp3) is 0.967. The zero-order chi connectivity index (χ0) is 23.5. The molecule has 2 atom stereocenters. The van der Waals surface area contributed by atoms with Crippen LogP contribution in [0.3, 0.4) is 0 Å². The molecule has 1 fully saturated rings. The SMILES string of the molecule is CCCCCCCCCCCCCCCCCCCCC1(C)CC(N=C=O)CC(C)(C)C1. The van der Waals surface area contributed by atoms with E-state index >= 15 is 0 Å². The van der Waals surface area contributed by atoms with Crippen LogP contribution in [0, 0.1) is 10.8 Å². The highest BCUT2D eigenvalue weighted by atomic mass is 16.1. The molecule has 0 aromatic carbocycles. The summed E-state index contributed by atoms with van der Waals surface area (Å²) in [5.41, 5.74) is 0.647. The van der Waals surface area contributed by atoms with Crippen LogP contribution in [0.25, 0.3) is 0 Å². The van der Waals surface area contributed by atoms with Crippen molar-refractivity contribution >= 4 is 6.08 Å². The Morgan fingerprint density at radius 1 is 0.656 bits per heavy atom. The van der Waals surface area contributed by atoms with Gasteiger partial charge in [-0.1, -0.05) is 143 Å². The Hall–Kier alpha value is -0.620. The van der Waals surface area contributed by atoms with Gasteiger partial charge in [-0.2, -0.15) is 0 Å². The first-order valence-corrected chi connectivity index (χ1v) is 14.5. The van der Waals surface area contributed by atoms with Crippen LogP contribution in [0.5, 0.6) is 0 Å². The van der Waals surface area contributed by atoms with Gasteiger partial charge in [-0.15, -0.1) is 0 Å². The maximum absolute atomic E-state index is 10.7. The van der Waals surface area contributed by atoms with Crippen molar-refractivity contribution in [3.05, 3.63) is 0 Å². The van der Waals surface area contributed by atoms with E-state index in [1.54, 1.807) is 0 Å². The van der Waals surface area contributed by atoms with Crippen LogP contribution >= 0.6 is 0 Å². The molecule has 1 saturated carbocycles. The number of hydrogen-bond acceptors (Lipinski definition) is 2. The smallest absolute Gasteiger partial charge is 0.211 e. The molecule has 2 nitrogen and oxygen atoms in total. The third kappa shape index (κ3) is 15.3. The van der Waals surface area contributed by atoms with Gasteiger partial charge in [-0.3, -0.25) is 0 Å². The predicted molar refractivity (Wildman–Crippen MR) is 141 cm³/mol. The summed E-state index contributed by atoms with van der Waals surface area (Å²) in [5.74, 6) is 0. The van der Waals surface area contributed by atoms with Crippen LogP contribution < -0.4 is 0 Å². The Morgan fingerprint density at radius 3 is 1.47 bits per heavy atom. The molecule has 0 heterocycles. The van der Waals surface area contributed by atoms with E-state index in [0.29, 0.717) is 10.8 Å². The minimum absolute atomic E-state index is 0.191. The molecule has 1 aliphatic carbocycles. The molecule has 2 unspecified atom stereocenters. The predicted octanol–water partition coefficient (Wildman–Crippen LogP) is 10.3. The second kappa shape index (κ2) is 17.8. The molecule has 0 amide bonds. The van der Waals surface area contributed by atoms with Gasteiger partial charge in [-0.05, 0) is 36.5 Å². The fourth-order valence-electron chi connectivity index (χ4n) is 6.39. The first kappa shape index (κ1) is 29.4. The summed E-state index contributed by atoms with van der Waals surface area (Å²) in [4.78, 5) is 14.8. The molecule has 0 aliphatic heterocycles. The summed E-state index contributed by atoms with van der Waals surface area (Å²) >= 11 is 0. The van der Waals surface area contributed by atoms with Gasteiger partial charge in [0.1, 0.15) is 0 Å². The average Bonchev–Trinajstić information content (AvgIpc) is 2.71. The highest BCUT2D eigenvalue weighted by Crippen LogP contribution is 2.49. The van der Waals surface area contributed by atoms with E-state index in [-0.39, 0.29) is 6.04 Å². The number of unbranched alkanes of at least 4 members (excludes halogenated alkanes) is 17. The first-order valence-electron chi connectivity index (χ1n) is 14.5. The monoisotopic (exact) mass is 447 g/mol. The molecule has 0 radical (unpaired) electrons. The summed E-state index contributed by atoms with van der Waals surface area (Å²) in [6, 6.07) is 0.191. The zero-order valence-corrected chi connectivity index (χ0v) is 22.5. The zero-order valence-electron chi connectivity index (χ0n) is 22.5. The molecule has 32 heavy (non-hydrogen) atoms. The number of carbonyl (C=O) groups excluding carboxylic acids is 1. The summed E-state index contributed by atoms with van der Waals surface area (Å²) in [5, 5.41) is 0. The van der Waals surface area contributed by atoms with Crippen molar-refractivity contribution in [3.8, 4) is 0 Å². The Labute approximate surface area is 201 Å². The van der Waals surface area contributed by atoms with Crippen LogP contribution in [0.15, 0.2) is 4.99 Å². The van der Waals surface area contributed by atoms with Crippen molar-refractivity contribution in [2.75, 3.05) is 0 Å². The van der Waals surface area contributed by atoms with Gasteiger partial charge in [0.15, 0.2) is 0 Å². The van der Waals surface area contributed by atoms with Gasteiger partial charge in [0, 0.05) is 0 Å². The molecule has 0 aromatic heterocycles. The Kier molecular flexibility index (Phi) is 16.4. The number of isocyanates is 1. The maximum Gasteiger partial charge on any atom is 0.235 e. The van der Waals surface area contributed by atoms with Gasteiger partial charge in [0.2, 0.25) is 6.08 Å². The number of aliphatic imine (C=N–C) groups is 1. The van der Waals surface area contributed by atoms with Crippen LogP contribution in [0.4, 0.5) is 0 Å². The van der Waals surface area contributed by atoms with Crippen molar-refractivity contribution in [3.63, 3.8) is 0 Å². The lowest BCUT2D eigenvalue weighted by Crippen LogP contribution is -2.37. The summed E-state index contributed by atoms with van der Waals surface area (Å²) in [6.45, 7) is 9.40. The van der Waals surface area contributed by atoms with Crippen LogP contribution in [-0.2, 0) is 4.79 Å². The largest absolute Gasteiger partial charge is 0.235 e. The first-order chi connectivity index (χ1) is 15.4. The van der Waals surface area contributed by atoms with Gasteiger partial charge in [-0.25, -0.2) is 9.79 Å². The van der Waals surface area contributed by atoms with E-state index in [1.165, 1.54) is 128 Å². The molecule has 2 heteroatoms. The molecule has 1 rings (SSSR count). The Morgan fingerprint density at radius 2 is 1.06 bits per heavy atom. The van der Waals surface area contributed by atoms with Gasteiger partial charge in [0.05, 0.1) is 6.04 Å². The highest BCUT2D eigenvalue weighted by molar-refractivity contribution is 5.33. The standard InChI is InChI=1S/C30H57NO/c1-5-6-7-8-9-10-11-12-13-14-15-16-17-18-19-20-21-22-23-30(4)25-28(31-27-32)24-29(2,3)26-30/h28H,5-26H2,1-4H3. The molecule has 188 valence electrons. The fourth-order valence-corrected chi connectivity index (χ4v) is 6.39. The molecule has 0 saturated heterocycles. The maximum atomic E-state index is 10.7. The summed E-state index contributed by atoms with van der Waals surface area (Å²) < 4.78 is 0. The topological polar surface area (TPSA) is 29.4 Å². The van der Waals surface area contributed by atoms with Crippen molar-refractivity contribution < 1.29 is 4.79 Å². The van der Waals surface area contributed by atoms with Crippen molar-refractivity contribution in [2.45, 2.75) is 175 Å². The van der Waals surface area contributed by atoms with Crippen molar-refractivity contribution in [1.29, 1.82) is 0 Å². The third-order valence-electron chi connectivity index (χ3n) is 7.79. The van der Waals surface area contributed by atoms with Crippen LogP contribution in [0.2, 0.25) is 0 Å². The number of hydrogen-bond donors (Lipinski definition) is 0. The highest BCUT2D eigenvalue weighted by Gasteiger charge is 2.40. The third-order valence-corrected chi connectivity index (χ3v) is 7.79. The number of nitrogens with zero attached hydrogens (tertiary/aromatic N) is 1. The molecule has 1 aliphatic rings. The summed E-state index contributed by atoms with van der Waals surface area (Å²) in [6.07, 6.45) is 32.3. The lowest BCUT2D eigenvalue weighted by Gasteiger charge is -2.45. The Balaban J connectivity index is 1.90. The lowest BCUT2D eigenvalue weighted by molar-refractivity contribution is 0.0742. The van der Waals surface area contributed by atoms with E-state index in [1.807, 2.05) is 6.08 Å². The molecule has 0 aromatic rings. The lowest BCUT2D eigenvalue weighted by atomic mass is 9.61. The normalized spacial score (nSPS) is 22.6. The number of rotatable bonds is 20. The molecule has 0 spiro atoms. The van der Waals surface area contributed by atoms with Gasteiger partial charge >= 0.3 is 0 Å².